The molecule has 3 N–H and O–H groups in total. The Morgan fingerprint density at radius 1 is 1.07 bits per heavy atom. The SMILES string of the molecule is N#Cc1ccc(C(NS(=O)(=O)c2cc3c(F)c(F)c(OCC[n+]4ccccc4)c(F)c3s2)P(=O)(O)O)cc1C(F)(F)F. The van der Waals surface area contributed by atoms with Crippen LogP contribution in [0.25, 0.3) is 10.1 Å². The summed E-state index contributed by atoms with van der Waals surface area (Å²) in [6.45, 7) is -0.192. The average Bonchev–Trinajstić information content (AvgIpc) is 3.39. The molecular weight excluding hydrogens is 635 g/mol. The van der Waals surface area contributed by atoms with Crippen molar-refractivity contribution in [2.45, 2.75) is 22.7 Å². The maximum Gasteiger partial charge on any atom is 0.417 e. The molecule has 222 valence electrons. The lowest BCUT2D eigenvalue weighted by molar-refractivity contribution is -0.697. The second-order valence-electron chi connectivity index (χ2n) is 8.57. The number of sulfonamides is 1. The molecule has 0 spiro atoms. The number of nitrogens with one attached hydrogen (secondary N) is 1. The number of fused-ring (bicyclic) bond motifs is 1. The van der Waals surface area contributed by atoms with Crippen LogP contribution in [0.3, 0.4) is 0 Å². The lowest BCUT2D eigenvalue weighted by atomic mass is 10.0. The van der Waals surface area contributed by atoms with Gasteiger partial charge >= 0.3 is 13.8 Å². The summed E-state index contributed by atoms with van der Waals surface area (Å²) < 4.78 is 130. The van der Waals surface area contributed by atoms with Crippen molar-refractivity contribution in [1.29, 1.82) is 5.26 Å². The molecule has 0 fully saturated rings. The van der Waals surface area contributed by atoms with Crippen LogP contribution in [-0.4, -0.2) is 24.8 Å². The molecule has 9 nitrogen and oxygen atoms in total. The molecule has 0 aliphatic heterocycles. The van der Waals surface area contributed by atoms with Gasteiger partial charge in [-0.1, -0.05) is 12.1 Å². The molecule has 1 unspecified atom stereocenters. The van der Waals surface area contributed by atoms with E-state index in [4.69, 9.17) is 10.00 Å². The van der Waals surface area contributed by atoms with E-state index in [2.05, 4.69) is 0 Å². The molecule has 1 atom stereocenters. The highest BCUT2D eigenvalue weighted by atomic mass is 32.2. The van der Waals surface area contributed by atoms with Crippen molar-refractivity contribution in [1.82, 2.24) is 4.72 Å². The van der Waals surface area contributed by atoms with Crippen LogP contribution >= 0.6 is 18.9 Å². The van der Waals surface area contributed by atoms with E-state index >= 15 is 4.39 Å². The molecule has 0 saturated heterocycles. The molecule has 0 radical (unpaired) electrons. The normalized spacial score (nSPS) is 13.2. The van der Waals surface area contributed by atoms with Crippen molar-refractivity contribution in [3.63, 3.8) is 0 Å². The van der Waals surface area contributed by atoms with Crippen molar-refractivity contribution in [3.05, 3.63) is 89.0 Å². The van der Waals surface area contributed by atoms with E-state index < -0.39 is 83.8 Å². The molecule has 2 heterocycles. The Bertz CT molecular complexity index is 1860. The minimum atomic E-state index is -5.58. The zero-order valence-corrected chi connectivity index (χ0v) is 23.2. The fourth-order valence-electron chi connectivity index (χ4n) is 3.81. The van der Waals surface area contributed by atoms with E-state index in [-0.39, 0.29) is 30.6 Å². The Morgan fingerprint density at radius 3 is 2.33 bits per heavy atom. The number of nitriles is 1. The number of halogens is 6. The molecule has 0 bridgehead atoms. The second kappa shape index (κ2) is 11.6. The van der Waals surface area contributed by atoms with Crippen LogP contribution in [0.15, 0.2) is 59.1 Å². The lowest BCUT2D eigenvalue weighted by Crippen LogP contribution is -2.35. The Balaban J connectivity index is 1.70. The Morgan fingerprint density at radius 2 is 1.74 bits per heavy atom. The molecule has 2 aromatic heterocycles. The van der Waals surface area contributed by atoms with Crippen molar-refractivity contribution in [2.24, 2.45) is 0 Å². The number of benzene rings is 2. The van der Waals surface area contributed by atoms with E-state index in [1.54, 1.807) is 39.9 Å². The van der Waals surface area contributed by atoms with Crippen LogP contribution in [0.5, 0.6) is 5.75 Å². The third-order valence-corrected chi connectivity index (χ3v) is 10.1. The van der Waals surface area contributed by atoms with Crippen LogP contribution in [-0.2, 0) is 27.3 Å². The van der Waals surface area contributed by atoms with Gasteiger partial charge in [0.2, 0.25) is 5.82 Å². The molecule has 0 amide bonds. The van der Waals surface area contributed by atoms with Crippen molar-refractivity contribution < 1.29 is 58.4 Å². The monoisotopic (exact) mass is 652 g/mol. The van der Waals surface area contributed by atoms with Gasteiger partial charge < -0.3 is 14.5 Å². The predicted octanol–water partition coefficient (Wildman–Crippen LogP) is 4.73. The highest BCUT2D eigenvalue weighted by molar-refractivity contribution is 7.92. The number of aromatic nitrogens is 1. The Labute approximate surface area is 237 Å². The van der Waals surface area contributed by atoms with E-state index in [0.29, 0.717) is 18.2 Å². The zero-order valence-electron chi connectivity index (χ0n) is 20.6. The van der Waals surface area contributed by atoms with Crippen LogP contribution in [0, 0.1) is 28.8 Å². The minimum Gasteiger partial charge on any atom is -0.481 e. The van der Waals surface area contributed by atoms with E-state index in [1.807, 2.05) is 0 Å². The van der Waals surface area contributed by atoms with Crippen LogP contribution in [0.4, 0.5) is 26.3 Å². The van der Waals surface area contributed by atoms with Gasteiger partial charge in [-0.2, -0.15) is 27.5 Å². The lowest BCUT2D eigenvalue weighted by Gasteiger charge is -2.21. The van der Waals surface area contributed by atoms with Gasteiger partial charge in [-0.15, -0.1) is 11.3 Å². The van der Waals surface area contributed by atoms with Crippen molar-refractivity contribution in [3.8, 4) is 11.8 Å². The number of rotatable bonds is 9. The van der Waals surface area contributed by atoms with Crippen molar-refractivity contribution >= 4 is 39.0 Å². The number of thiophene rings is 1. The van der Waals surface area contributed by atoms with E-state index in [0.717, 1.165) is 0 Å². The Hall–Kier alpha value is -3.52. The molecule has 4 rings (SSSR count). The number of alkyl halides is 3. The summed E-state index contributed by atoms with van der Waals surface area (Å²) in [7, 11) is -10.7. The van der Waals surface area contributed by atoms with E-state index in [9.17, 15) is 44.7 Å². The number of pyridine rings is 1. The maximum atomic E-state index is 15.2. The molecule has 0 saturated carbocycles. The largest absolute Gasteiger partial charge is 0.481 e. The number of nitrogens with zero attached hydrogens (tertiary/aromatic N) is 2. The molecule has 42 heavy (non-hydrogen) atoms. The van der Waals surface area contributed by atoms with Crippen LogP contribution < -0.4 is 14.0 Å². The summed E-state index contributed by atoms with van der Waals surface area (Å²) in [4.78, 5) is 19.6. The van der Waals surface area contributed by atoms with Gasteiger partial charge in [0.05, 0.1) is 21.9 Å². The van der Waals surface area contributed by atoms with Gasteiger partial charge in [-0.3, -0.25) is 4.57 Å². The van der Waals surface area contributed by atoms with Gasteiger partial charge in [0.1, 0.15) is 16.6 Å². The summed E-state index contributed by atoms with van der Waals surface area (Å²) >= 11 is 0.0656. The van der Waals surface area contributed by atoms with Crippen LogP contribution in [0.2, 0.25) is 0 Å². The summed E-state index contributed by atoms with van der Waals surface area (Å²) in [5, 5.41) is 8.12. The second-order valence-corrected chi connectivity index (χ2v) is 13.3. The molecular formula is C24H17F6N3O6PS2+. The third-order valence-electron chi connectivity index (χ3n) is 5.76. The first-order valence-corrected chi connectivity index (χ1v) is 15.4. The summed E-state index contributed by atoms with van der Waals surface area (Å²) in [5.41, 5.74) is -3.33. The summed E-state index contributed by atoms with van der Waals surface area (Å²) in [5.74, 6) is -8.58. The maximum absolute atomic E-state index is 15.2. The quantitative estimate of drug-likeness (QED) is 0.103. The van der Waals surface area contributed by atoms with Crippen LogP contribution in [0.1, 0.15) is 22.5 Å². The first kappa shape index (κ1) is 31.4. The summed E-state index contributed by atoms with van der Waals surface area (Å²) in [6, 6.07) is 8.37. The molecule has 2 aromatic carbocycles. The molecule has 18 heteroatoms. The van der Waals surface area contributed by atoms with Gasteiger partial charge in [0, 0.05) is 17.5 Å². The van der Waals surface area contributed by atoms with Gasteiger partial charge in [-0.05, 0) is 23.8 Å². The fourth-order valence-corrected chi connectivity index (χ4v) is 7.79. The first-order valence-electron chi connectivity index (χ1n) is 11.4. The fraction of sp³-hybridized carbons (Fsp3) is 0.167. The topological polar surface area (TPSA) is 141 Å². The van der Waals surface area contributed by atoms with Gasteiger partial charge in [0.25, 0.3) is 10.0 Å². The minimum absolute atomic E-state index is 0.0656. The summed E-state index contributed by atoms with van der Waals surface area (Å²) in [6.07, 6.45) is -1.87. The standard InChI is InChI=1S/C24H16F6N3O6PS2/c25-18-15-11-17(41-22(15)20(27)21(19(18)26)39-9-8-33-6-2-1-3-7-33)42(37,38)32-23(40(34,35)36)13-4-5-14(12-31)16(10-13)24(28,29)30/h1-7,10-11,23,32H,8-9H2,(H-,34,35,36)/p+1. The number of ether oxygens (including phenoxy) is 1. The molecule has 4 aromatic rings. The van der Waals surface area contributed by atoms with Crippen molar-refractivity contribution in [2.75, 3.05) is 6.61 Å². The zero-order chi connectivity index (χ0) is 31.0. The van der Waals surface area contributed by atoms with Gasteiger partial charge in [-0.25, -0.2) is 21.8 Å². The molecule has 0 aliphatic carbocycles. The van der Waals surface area contributed by atoms with Gasteiger partial charge in [0.15, 0.2) is 36.3 Å². The Kier molecular flexibility index (Phi) is 8.70. The number of hydrogen-bond donors (Lipinski definition) is 3. The first-order chi connectivity index (χ1) is 19.5. The molecule has 0 aliphatic rings. The third kappa shape index (κ3) is 6.43. The highest BCUT2D eigenvalue weighted by Crippen LogP contribution is 2.52. The highest BCUT2D eigenvalue weighted by Gasteiger charge is 2.39. The van der Waals surface area contributed by atoms with E-state index in [1.165, 1.54) is 6.07 Å². The number of hydrogen-bond acceptors (Lipinski definition) is 6. The smallest absolute Gasteiger partial charge is 0.417 e. The predicted molar refractivity (Wildman–Crippen MR) is 135 cm³/mol. The average molecular weight is 653 g/mol.